The van der Waals surface area contributed by atoms with Crippen molar-refractivity contribution in [3.05, 3.63) is 58.4 Å². The first-order chi connectivity index (χ1) is 14.3. The molecule has 2 aliphatic rings. The lowest BCUT2D eigenvalue weighted by Gasteiger charge is -2.27. The fourth-order valence-electron chi connectivity index (χ4n) is 4.07. The minimum Gasteiger partial charge on any atom is -0.465 e. The molecule has 1 unspecified atom stereocenters. The summed E-state index contributed by atoms with van der Waals surface area (Å²) in [5, 5.41) is 6.45. The number of aromatic amines is 1. The SMILES string of the molecule is COC(=O)c1cn(C(c2nc3ccccc3n2C(C)C)C(C)C)cc2c(=O)[nH]nc1-2. The van der Waals surface area contributed by atoms with Crippen LogP contribution in [0.15, 0.2) is 41.5 Å². The number of aromatic nitrogens is 5. The van der Waals surface area contributed by atoms with Crippen molar-refractivity contribution in [2.75, 3.05) is 7.11 Å². The molecule has 2 aliphatic heterocycles. The van der Waals surface area contributed by atoms with Crippen LogP contribution >= 0.6 is 0 Å². The van der Waals surface area contributed by atoms with Crippen molar-refractivity contribution < 1.29 is 9.53 Å². The van der Waals surface area contributed by atoms with Gasteiger partial charge in [-0.2, -0.15) is 5.10 Å². The van der Waals surface area contributed by atoms with E-state index in [9.17, 15) is 9.59 Å². The second-order valence-corrected chi connectivity index (χ2v) is 8.04. The number of benzene rings is 1. The van der Waals surface area contributed by atoms with Crippen LogP contribution < -0.4 is 5.56 Å². The van der Waals surface area contributed by atoms with Crippen LogP contribution in [0.4, 0.5) is 0 Å². The van der Waals surface area contributed by atoms with Crippen molar-refractivity contribution in [1.82, 2.24) is 24.3 Å². The molecule has 0 saturated heterocycles. The Hall–Kier alpha value is -3.42. The van der Waals surface area contributed by atoms with Crippen molar-refractivity contribution >= 4 is 17.0 Å². The number of nitrogens with zero attached hydrogens (tertiary/aromatic N) is 4. The predicted molar refractivity (Wildman–Crippen MR) is 114 cm³/mol. The fourth-order valence-corrected chi connectivity index (χ4v) is 4.07. The van der Waals surface area contributed by atoms with Crippen molar-refractivity contribution in [3.8, 4) is 11.3 Å². The Morgan fingerprint density at radius 1 is 1.13 bits per heavy atom. The highest BCUT2D eigenvalue weighted by Crippen LogP contribution is 2.33. The first kappa shape index (κ1) is 19.9. The van der Waals surface area contributed by atoms with Crippen molar-refractivity contribution in [2.45, 2.75) is 39.8 Å². The Balaban J connectivity index is 2.01. The van der Waals surface area contributed by atoms with E-state index in [1.165, 1.54) is 7.11 Å². The number of fused-ring (bicyclic) bond motifs is 2. The highest BCUT2D eigenvalue weighted by Gasteiger charge is 2.29. The predicted octanol–water partition coefficient (Wildman–Crippen LogP) is 3.64. The second kappa shape index (κ2) is 7.44. The number of methoxy groups -OCH3 is 1. The van der Waals surface area contributed by atoms with Gasteiger partial charge >= 0.3 is 5.97 Å². The second-order valence-electron chi connectivity index (χ2n) is 8.04. The molecule has 0 amide bonds. The molecule has 0 spiro atoms. The van der Waals surface area contributed by atoms with Gasteiger partial charge in [-0.05, 0) is 31.9 Å². The van der Waals surface area contributed by atoms with Crippen LogP contribution in [0.25, 0.3) is 22.3 Å². The lowest BCUT2D eigenvalue weighted by atomic mass is 10.0. The van der Waals surface area contributed by atoms with Gasteiger partial charge in [0.05, 0.1) is 29.7 Å². The maximum absolute atomic E-state index is 12.4. The van der Waals surface area contributed by atoms with E-state index in [0.717, 1.165) is 16.9 Å². The lowest BCUT2D eigenvalue weighted by molar-refractivity contribution is 0.0600. The lowest BCUT2D eigenvalue weighted by Crippen LogP contribution is -2.24. The molecule has 1 aromatic heterocycles. The van der Waals surface area contributed by atoms with Gasteiger partial charge in [0.2, 0.25) is 0 Å². The zero-order chi connectivity index (χ0) is 21.6. The molecule has 0 saturated carbocycles. The third kappa shape index (κ3) is 3.08. The Kier molecular flexibility index (Phi) is 4.93. The van der Waals surface area contributed by atoms with Gasteiger partial charge in [-0.1, -0.05) is 26.0 Å². The maximum atomic E-state index is 12.4. The van der Waals surface area contributed by atoms with E-state index in [4.69, 9.17) is 9.72 Å². The molecule has 1 atom stereocenters. The van der Waals surface area contributed by atoms with Crippen molar-refractivity contribution in [2.24, 2.45) is 5.92 Å². The summed E-state index contributed by atoms with van der Waals surface area (Å²) in [5.41, 5.74) is 2.51. The minimum absolute atomic E-state index is 0.134. The largest absolute Gasteiger partial charge is 0.465 e. The Morgan fingerprint density at radius 2 is 1.87 bits per heavy atom. The van der Waals surface area contributed by atoms with Crippen molar-refractivity contribution in [3.63, 3.8) is 0 Å². The molecule has 0 fully saturated rings. The number of nitrogens with one attached hydrogen (secondary N) is 1. The standard InChI is InChI=1S/C22H25N5O3/c1-12(2)19(20-23-16-8-6-7-9-17(16)27(20)13(3)4)26-10-14-18(24-25-21(14)28)15(11-26)22(29)30-5/h6-13,19H,1-5H3,(H,25,28). The summed E-state index contributed by atoms with van der Waals surface area (Å²) in [5.74, 6) is 0.465. The summed E-state index contributed by atoms with van der Waals surface area (Å²) in [6, 6.07) is 8.00. The number of para-hydroxylation sites is 2. The highest BCUT2D eigenvalue weighted by atomic mass is 16.5. The third-order valence-electron chi connectivity index (χ3n) is 5.34. The normalized spacial score (nSPS) is 12.9. The molecular formula is C22H25N5O3. The van der Waals surface area contributed by atoms with Crippen LogP contribution in [0.2, 0.25) is 0 Å². The van der Waals surface area contributed by atoms with Crippen LogP contribution in [-0.2, 0) is 4.74 Å². The summed E-state index contributed by atoms with van der Waals surface area (Å²) in [6.07, 6.45) is 3.44. The van der Waals surface area contributed by atoms with Gasteiger partial charge in [-0.3, -0.25) is 4.79 Å². The first-order valence-electron chi connectivity index (χ1n) is 9.98. The third-order valence-corrected chi connectivity index (χ3v) is 5.34. The summed E-state index contributed by atoms with van der Waals surface area (Å²) >= 11 is 0. The summed E-state index contributed by atoms with van der Waals surface area (Å²) in [4.78, 5) is 29.7. The number of ether oxygens (including phenoxy) is 1. The van der Waals surface area contributed by atoms with Crippen molar-refractivity contribution in [1.29, 1.82) is 0 Å². The molecule has 4 rings (SSSR count). The maximum Gasteiger partial charge on any atom is 0.341 e. The van der Waals surface area contributed by atoms with E-state index < -0.39 is 5.97 Å². The average molecular weight is 407 g/mol. The number of pyridine rings is 1. The topological polar surface area (TPSA) is 94.8 Å². The molecule has 156 valence electrons. The molecule has 1 aromatic carbocycles. The van der Waals surface area contributed by atoms with E-state index in [2.05, 4.69) is 48.5 Å². The van der Waals surface area contributed by atoms with E-state index in [1.54, 1.807) is 12.4 Å². The smallest absolute Gasteiger partial charge is 0.341 e. The van der Waals surface area contributed by atoms with Gasteiger partial charge in [0.1, 0.15) is 17.1 Å². The van der Waals surface area contributed by atoms with Crippen LogP contribution in [0.5, 0.6) is 0 Å². The van der Waals surface area contributed by atoms with Gasteiger partial charge in [-0.15, -0.1) is 0 Å². The number of hydrogen-bond acceptors (Lipinski definition) is 5. The summed E-state index contributed by atoms with van der Waals surface area (Å²) in [6.45, 7) is 8.43. The zero-order valence-electron chi connectivity index (χ0n) is 17.7. The molecule has 3 heterocycles. The Morgan fingerprint density at radius 3 is 2.53 bits per heavy atom. The fraction of sp³-hybridized carbons (Fsp3) is 0.364. The van der Waals surface area contributed by atoms with Gasteiger partial charge in [0.15, 0.2) is 0 Å². The van der Waals surface area contributed by atoms with E-state index >= 15 is 0 Å². The van der Waals surface area contributed by atoms with E-state index in [-0.39, 0.29) is 29.1 Å². The first-order valence-corrected chi connectivity index (χ1v) is 9.98. The number of imidazole rings is 1. The molecule has 8 nitrogen and oxygen atoms in total. The van der Waals surface area contributed by atoms with Gasteiger partial charge in [-0.25, -0.2) is 14.9 Å². The zero-order valence-corrected chi connectivity index (χ0v) is 17.7. The summed E-state index contributed by atoms with van der Waals surface area (Å²) < 4.78 is 9.03. The molecule has 2 aromatic rings. The Labute approximate surface area is 173 Å². The molecule has 0 aliphatic carbocycles. The monoisotopic (exact) mass is 407 g/mol. The van der Waals surface area contributed by atoms with Gasteiger partial charge < -0.3 is 13.9 Å². The van der Waals surface area contributed by atoms with Gasteiger partial charge in [0, 0.05) is 18.4 Å². The minimum atomic E-state index is -0.541. The number of rotatable bonds is 5. The van der Waals surface area contributed by atoms with Crippen LogP contribution in [0.3, 0.4) is 0 Å². The van der Waals surface area contributed by atoms with Crippen LogP contribution in [0, 0.1) is 5.92 Å². The molecule has 0 radical (unpaired) electrons. The quantitative estimate of drug-likeness (QED) is 0.510. The van der Waals surface area contributed by atoms with Gasteiger partial charge in [0.25, 0.3) is 5.56 Å². The average Bonchev–Trinajstić information content (AvgIpc) is 3.27. The highest BCUT2D eigenvalue weighted by molar-refractivity contribution is 5.96. The Bertz CT molecular complexity index is 1250. The summed E-state index contributed by atoms with van der Waals surface area (Å²) in [7, 11) is 1.31. The van der Waals surface area contributed by atoms with E-state index in [0.29, 0.717) is 11.3 Å². The molecule has 30 heavy (non-hydrogen) atoms. The number of esters is 1. The number of hydrogen-bond donors (Lipinski definition) is 1. The number of H-pyrrole nitrogens is 1. The van der Waals surface area contributed by atoms with E-state index in [1.807, 2.05) is 22.8 Å². The molecule has 1 N–H and O–H groups in total. The number of carbonyl (C=O) groups excluding carboxylic acids is 1. The molecular weight excluding hydrogens is 382 g/mol. The van der Waals surface area contributed by atoms with Crippen LogP contribution in [-0.4, -0.2) is 37.4 Å². The molecule has 0 bridgehead atoms. The molecule has 8 heteroatoms. The van der Waals surface area contributed by atoms with Crippen LogP contribution in [0.1, 0.15) is 56.0 Å². The number of carbonyl (C=O) groups is 1.